The predicted octanol–water partition coefficient (Wildman–Crippen LogP) is 4.05. The van der Waals surface area contributed by atoms with E-state index in [9.17, 15) is 9.18 Å². The molecule has 2 aromatic rings. The lowest BCUT2D eigenvalue weighted by molar-refractivity contribution is 0.0981. The van der Waals surface area contributed by atoms with Crippen molar-refractivity contribution in [1.82, 2.24) is 0 Å². The first kappa shape index (κ1) is 14.1. The standard InChI is InChI=1S/C16H14BrFN2O/c1-10-9-20(15-8-11(17)6-7-14(15)19-10)16(21)12-4-2-3-5-13(12)18/h2-8,10,19H,9H2,1H3. The van der Waals surface area contributed by atoms with Crippen molar-refractivity contribution in [3.05, 3.63) is 58.3 Å². The summed E-state index contributed by atoms with van der Waals surface area (Å²) in [7, 11) is 0. The van der Waals surface area contributed by atoms with Crippen LogP contribution in [-0.2, 0) is 0 Å². The number of hydrogen-bond acceptors (Lipinski definition) is 2. The molecule has 1 heterocycles. The third-order valence-corrected chi connectivity index (χ3v) is 3.95. The zero-order valence-corrected chi connectivity index (χ0v) is 13.0. The Labute approximate surface area is 130 Å². The van der Waals surface area contributed by atoms with Crippen molar-refractivity contribution in [3.63, 3.8) is 0 Å². The predicted molar refractivity (Wildman–Crippen MR) is 85.3 cm³/mol. The Kier molecular flexibility index (Phi) is 3.68. The molecule has 0 aromatic heterocycles. The second kappa shape index (κ2) is 5.48. The Morgan fingerprint density at radius 2 is 2.10 bits per heavy atom. The number of nitrogens with zero attached hydrogens (tertiary/aromatic N) is 1. The highest BCUT2D eigenvalue weighted by molar-refractivity contribution is 9.10. The molecule has 3 rings (SSSR count). The van der Waals surface area contributed by atoms with Crippen molar-refractivity contribution < 1.29 is 9.18 Å². The first-order valence-corrected chi connectivity index (χ1v) is 7.48. The number of carbonyl (C=O) groups excluding carboxylic acids is 1. The fourth-order valence-electron chi connectivity index (χ4n) is 2.51. The molecule has 0 fully saturated rings. The van der Waals surface area contributed by atoms with E-state index >= 15 is 0 Å². The molecule has 0 saturated heterocycles. The molecule has 1 unspecified atom stereocenters. The van der Waals surface area contributed by atoms with Crippen LogP contribution in [0, 0.1) is 5.82 Å². The molecule has 0 aliphatic carbocycles. The van der Waals surface area contributed by atoms with Gasteiger partial charge in [-0.15, -0.1) is 0 Å². The van der Waals surface area contributed by atoms with E-state index in [1.807, 2.05) is 25.1 Å². The minimum Gasteiger partial charge on any atom is -0.379 e. The Bertz CT molecular complexity index is 704. The van der Waals surface area contributed by atoms with Gasteiger partial charge in [-0.1, -0.05) is 28.1 Å². The maximum atomic E-state index is 13.9. The summed E-state index contributed by atoms with van der Waals surface area (Å²) in [6, 6.07) is 11.9. The van der Waals surface area contributed by atoms with Crippen LogP contribution in [0.5, 0.6) is 0 Å². The number of hydrogen-bond donors (Lipinski definition) is 1. The molecule has 5 heteroatoms. The van der Waals surface area contributed by atoms with E-state index in [0.717, 1.165) is 15.8 Å². The van der Waals surface area contributed by atoms with E-state index in [4.69, 9.17) is 0 Å². The molecule has 1 aliphatic rings. The van der Waals surface area contributed by atoms with Gasteiger partial charge in [0.2, 0.25) is 0 Å². The van der Waals surface area contributed by atoms with Crippen molar-refractivity contribution in [2.75, 3.05) is 16.8 Å². The summed E-state index contributed by atoms with van der Waals surface area (Å²) >= 11 is 3.41. The summed E-state index contributed by atoms with van der Waals surface area (Å²) in [6.07, 6.45) is 0. The van der Waals surface area contributed by atoms with Gasteiger partial charge in [-0.3, -0.25) is 4.79 Å². The van der Waals surface area contributed by atoms with Gasteiger partial charge < -0.3 is 10.2 Å². The van der Waals surface area contributed by atoms with Gasteiger partial charge in [-0.25, -0.2) is 4.39 Å². The van der Waals surface area contributed by atoms with E-state index in [0.29, 0.717) is 6.54 Å². The Balaban J connectivity index is 2.05. The molecular formula is C16H14BrFN2O. The summed E-state index contributed by atoms with van der Waals surface area (Å²) in [5.74, 6) is -0.814. The lowest BCUT2D eigenvalue weighted by Crippen LogP contribution is -2.43. The van der Waals surface area contributed by atoms with E-state index in [2.05, 4.69) is 21.2 Å². The molecule has 1 aliphatic heterocycles. The number of halogens is 2. The molecule has 0 radical (unpaired) electrons. The molecule has 2 aromatic carbocycles. The summed E-state index contributed by atoms with van der Waals surface area (Å²) in [4.78, 5) is 14.3. The number of nitrogens with one attached hydrogen (secondary N) is 1. The molecule has 1 N–H and O–H groups in total. The van der Waals surface area contributed by atoms with E-state index < -0.39 is 5.82 Å². The fraction of sp³-hybridized carbons (Fsp3) is 0.188. The van der Waals surface area contributed by atoms with Crippen molar-refractivity contribution in [2.45, 2.75) is 13.0 Å². The number of carbonyl (C=O) groups is 1. The normalized spacial score (nSPS) is 17.1. The smallest absolute Gasteiger partial charge is 0.261 e. The molecule has 3 nitrogen and oxygen atoms in total. The number of rotatable bonds is 1. The number of fused-ring (bicyclic) bond motifs is 1. The Morgan fingerprint density at radius 1 is 1.33 bits per heavy atom. The van der Waals surface area contributed by atoms with Crippen LogP contribution >= 0.6 is 15.9 Å². The third-order valence-electron chi connectivity index (χ3n) is 3.46. The van der Waals surface area contributed by atoms with Crippen LogP contribution in [0.25, 0.3) is 0 Å². The topological polar surface area (TPSA) is 32.3 Å². The zero-order valence-electron chi connectivity index (χ0n) is 11.4. The van der Waals surface area contributed by atoms with Gasteiger partial charge >= 0.3 is 0 Å². The van der Waals surface area contributed by atoms with E-state index in [-0.39, 0.29) is 17.5 Å². The average Bonchev–Trinajstić information content (AvgIpc) is 2.47. The first-order valence-electron chi connectivity index (χ1n) is 6.69. The number of amides is 1. The van der Waals surface area contributed by atoms with Gasteiger partial charge in [0, 0.05) is 17.1 Å². The Morgan fingerprint density at radius 3 is 2.86 bits per heavy atom. The largest absolute Gasteiger partial charge is 0.379 e. The van der Waals surface area contributed by atoms with Gasteiger partial charge in [0.05, 0.1) is 16.9 Å². The second-order valence-corrected chi connectivity index (χ2v) is 6.02. The van der Waals surface area contributed by atoms with E-state index in [1.54, 1.807) is 17.0 Å². The van der Waals surface area contributed by atoms with Gasteiger partial charge in [0.25, 0.3) is 5.91 Å². The van der Waals surface area contributed by atoms with Crippen molar-refractivity contribution >= 4 is 33.2 Å². The lowest BCUT2D eigenvalue weighted by atomic mass is 10.1. The molecule has 0 spiro atoms. The van der Waals surface area contributed by atoms with Crippen LogP contribution in [-0.4, -0.2) is 18.5 Å². The lowest BCUT2D eigenvalue weighted by Gasteiger charge is -2.34. The number of anilines is 2. The van der Waals surface area contributed by atoms with Crippen LogP contribution in [0.4, 0.5) is 15.8 Å². The maximum absolute atomic E-state index is 13.9. The van der Waals surface area contributed by atoms with Gasteiger partial charge in [-0.2, -0.15) is 0 Å². The average molecular weight is 349 g/mol. The summed E-state index contributed by atoms with van der Waals surface area (Å²) in [6.45, 7) is 2.49. The van der Waals surface area contributed by atoms with Crippen molar-refractivity contribution in [2.24, 2.45) is 0 Å². The Hall–Kier alpha value is -1.88. The molecular weight excluding hydrogens is 335 g/mol. The van der Waals surface area contributed by atoms with E-state index in [1.165, 1.54) is 12.1 Å². The van der Waals surface area contributed by atoms with Gasteiger partial charge in [-0.05, 0) is 37.3 Å². The maximum Gasteiger partial charge on any atom is 0.261 e. The summed E-state index contributed by atoms with van der Waals surface area (Å²) < 4.78 is 14.8. The van der Waals surface area contributed by atoms with Crippen LogP contribution < -0.4 is 10.2 Å². The molecule has 1 atom stereocenters. The zero-order chi connectivity index (χ0) is 15.0. The molecule has 108 valence electrons. The summed E-state index contributed by atoms with van der Waals surface area (Å²) in [5, 5.41) is 3.33. The first-order chi connectivity index (χ1) is 10.1. The second-order valence-electron chi connectivity index (χ2n) is 5.10. The minimum absolute atomic E-state index is 0.0949. The fourth-order valence-corrected chi connectivity index (χ4v) is 2.85. The van der Waals surface area contributed by atoms with Gasteiger partial charge in [0.1, 0.15) is 5.82 Å². The molecule has 1 amide bonds. The highest BCUT2D eigenvalue weighted by Crippen LogP contribution is 2.34. The monoisotopic (exact) mass is 348 g/mol. The molecule has 21 heavy (non-hydrogen) atoms. The van der Waals surface area contributed by atoms with Crippen molar-refractivity contribution in [1.29, 1.82) is 0 Å². The van der Waals surface area contributed by atoms with Crippen LogP contribution in [0.1, 0.15) is 17.3 Å². The summed E-state index contributed by atoms with van der Waals surface area (Å²) in [5.41, 5.74) is 1.73. The third kappa shape index (κ3) is 2.65. The van der Waals surface area contributed by atoms with Crippen LogP contribution in [0.2, 0.25) is 0 Å². The molecule has 0 bridgehead atoms. The van der Waals surface area contributed by atoms with Crippen molar-refractivity contribution in [3.8, 4) is 0 Å². The minimum atomic E-state index is -0.495. The van der Waals surface area contributed by atoms with Gasteiger partial charge in [0.15, 0.2) is 0 Å². The quantitative estimate of drug-likeness (QED) is 0.843. The SMILES string of the molecule is CC1CN(C(=O)c2ccccc2F)c2cc(Br)ccc2N1. The highest BCUT2D eigenvalue weighted by Gasteiger charge is 2.28. The highest BCUT2D eigenvalue weighted by atomic mass is 79.9. The van der Waals surface area contributed by atoms with Crippen LogP contribution in [0.3, 0.4) is 0 Å². The molecule has 0 saturated carbocycles. The van der Waals surface area contributed by atoms with Crippen LogP contribution in [0.15, 0.2) is 46.9 Å². The number of benzene rings is 2.